The first-order valence-corrected chi connectivity index (χ1v) is 6.44. The summed E-state index contributed by atoms with van der Waals surface area (Å²) in [4.78, 5) is 10.7. The van der Waals surface area contributed by atoms with Crippen molar-refractivity contribution in [1.29, 1.82) is 0 Å². The lowest BCUT2D eigenvalue weighted by atomic mass is 10.2. The largest absolute Gasteiger partial charge is 0.493 e. The van der Waals surface area contributed by atoms with Gasteiger partial charge in [0.15, 0.2) is 0 Å². The number of nitrogens with zero attached hydrogens (tertiary/aromatic N) is 1. The van der Waals surface area contributed by atoms with E-state index < -0.39 is 4.92 Å². The van der Waals surface area contributed by atoms with E-state index in [1.54, 1.807) is 12.1 Å². The number of ether oxygens (including phenoxy) is 1. The van der Waals surface area contributed by atoms with Gasteiger partial charge in [-0.05, 0) is 30.7 Å². The van der Waals surface area contributed by atoms with E-state index in [0.29, 0.717) is 18.0 Å². The summed E-state index contributed by atoms with van der Waals surface area (Å²) in [6, 6.07) is 14.2. The molecule has 0 aliphatic carbocycles. The predicted octanol–water partition coefficient (Wildman–Crippen LogP) is 4.13. The lowest BCUT2D eigenvalue weighted by molar-refractivity contribution is -0.384. The Labute approximate surface area is 117 Å². The molecule has 0 radical (unpaired) electrons. The topological polar surface area (TPSA) is 64.4 Å². The summed E-state index contributed by atoms with van der Waals surface area (Å²) >= 11 is 0. The van der Waals surface area contributed by atoms with Gasteiger partial charge in [0.25, 0.3) is 5.69 Å². The molecule has 2 rings (SSSR count). The minimum absolute atomic E-state index is 0.00227. The van der Waals surface area contributed by atoms with Gasteiger partial charge in [-0.1, -0.05) is 25.1 Å². The highest BCUT2D eigenvalue weighted by Crippen LogP contribution is 2.31. The van der Waals surface area contributed by atoms with E-state index in [4.69, 9.17) is 4.74 Å². The lowest BCUT2D eigenvalue weighted by Gasteiger charge is -2.09. The molecule has 0 saturated heterocycles. The van der Waals surface area contributed by atoms with Crippen molar-refractivity contribution in [3.63, 3.8) is 0 Å². The Morgan fingerprint density at radius 1 is 1.20 bits per heavy atom. The average molecular weight is 272 g/mol. The second kappa shape index (κ2) is 6.56. The zero-order valence-electron chi connectivity index (χ0n) is 11.2. The molecule has 0 aliphatic heterocycles. The summed E-state index contributed by atoms with van der Waals surface area (Å²) in [5, 5.41) is 14.2. The molecular weight excluding hydrogens is 256 g/mol. The fourth-order valence-corrected chi connectivity index (χ4v) is 1.75. The third-order valence-corrected chi connectivity index (χ3v) is 2.69. The number of hydrogen-bond donors (Lipinski definition) is 1. The smallest absolute Gasteiger partial charge is 0.296 e. The predicted molar refractivity (Wildman–Crippen MR) is 78.6 cm³/mol. The fourth-order valence-electron chi connectivity index (χ4n) is 1.75. The number of anilines is 2. The van der Waals surface area contributed by atoms with E-state index in [-0.39, 0.29) is 5.69 Å². The first-order chi connectivity index (χ1) is 9.70. The van der Waals surface area contributed by atoms with Gasteiger partial charge in [-0.3, -0.25) is 10.1 Å². The molecule has 0 atom stereocenters. The van der Waals surface area contributed by atoms with Crippen LogP contribution in [0.3, 0.4) is 0 Å². The Kier molecular flexibility index (Phi) is 4.55. The summed E-state index contributed by atoms with van der Waals surface area (Å²) in [5.74, 6) is 0.511. The summed E-state index contributed by atoms with van der Waals surface area (Å²) < 4.78 is 5.42. The van der Waals surface area contributed by atoms with E-state index in [9.17, 15) is 10.1 Å². The van der Waals surface area contributed by atoms with Crippen LogP contribution in [0.5, 0.6) is 5.75 Å². The number of hydrogen-bond acceptors (Lipinski definition) is 4. The van der Waals surface area contributed by atoms with E-state index in [1.165, 1.54) is 6.07 Å². The zero-order chi connectivity index (χ0) is 14.4. The molecule has 2 aromatic carbocycles. The van der Waals surface area contributed by atoms with Crippen molar-refractivity contribution in [3.8, 4) is 5.75 Å². The number of nitrogens with one attached hydrogen (secondary N) is 1. The zero-order valence-corrected chi connectivity index (χ0v) is 11.2. The summed E-state index contributed by atoms with van der Waals surface area (Å²) in [6.45, 7) is 2.53. The molecule has 104 valence electrons. The van der Waals surface area contributed by atoms with Crippen molar-refractivity contribution in [2.75, 3.05) is 11.9 Å². The highest BCUT2D eigenvalue weighted by molar-refractivity contribution is 5.70. The van der Waals surface area contributed by atoms with Crippen molar-refractivity contribution in [3.05, 3.63) is 58.6 Å². The van der Waals surface area contributed by atoms with Crippen LogP contribution in [-0.4, -0.2) is 11.5 Å². The molecule has 0 amide bonds. The number of benzene rings is 2. The first kappa shape index (κ1) is 13.9. The van der Waals surface area contributed by atoms with Crippen LogP contribution in [0.4, 0.5) is 17.1 Å². The van der Waals surface area contributed by atoms with Gasteiger partial charge in [0.05, 0.1) is 17.6 Å². The van der Waals surface area contributed by atoms with Crippen LogP contribution in [0.25, 0.3) is 0 Å². The lowest BCUT2D eigenvalue weighted by Crippen LogP contribution is -1.99. The summed E-state index contributed by atoms with van der Waals surface area (Å²) in [7, 11) is 0. The van der Waals surface area contributed by atoms with E-state index >= 15 is 0 Å². The number of rotatable bonds is 6. The van der Waals surface area contributed by atoms with Gasteiger partial charge in [0.2, 0.25) is 0 Å². The molecule has 0 bridgehead atoms. The van der Waals surface area contributed by atoms with Crippen molar-refractivity contribution >= 4 is 17.1 Å². The maximum Gasteiger partial charge on any atom is 0.296 e. The Hall–Kier alpha value is -2.56. The highest BCUT2D eigenvalue weighted by Gasteiger charge is 2.15. The quantitative estimate of drug-likeness (QED) is 0.634. The molecule has 1 N–H and O–H groups in total. The molecule has 0 unspecified atom stereocenters. The highest BCUT2D eigenvalue weighted by atomic mass is 16.6. The molecule has 0 aliphatic rings. The van der Waals surface area contributed by atoms with Crippen LogP contribution in [0, 0.1) is 10.1 Å². The Balaban J connectivity index is 2.26. The molecule has 5 nitrogen and oxygen atoms in total. The SMILES string of the molecule is CCCOc1ccc(Nc2ccccc2)c([N+](=O)[O-])c1. The number of para-hydroxylation sites is 1. The van der Waals surface area contributed by atoms with Crippen molar-refractivity contribution in [1.82, 2.24) is 0 Å². The maximum atomic E-state index is 11.1. The van der Waals surface area contributed by atoms with Crippen LogP contribution < -0.4 is 10.1 Å². The van der Waals surface area contributed by atoms with Gasteiger partial charge in [-0.25, -0.2) is 0 Å². The average Bonchev–Trinajstić information content (AvgIpc) is 2.47. The summed E-state index contributed by atoms with van der Waals surface area (Å²) in [6.07, 6.45) is 0.859. The number of nitro benzene ring substituents is 1. The van der Waals surface area contributed by atoms with E-state index in [1.807, 2.05) is 37.3 Å². The van der Waals surface area contributed by atoms with Crippen LogP contribution in [0.15, 0.2) is 48.5 Å². The minimum atomic E-state index is -0.413. The Morgan fingerprint density at radius 3 is 2.60 bits per heavy atom. The third kappa shape index (κ3) is 3.47. The first-order valence-electron chi connectivity index (χ1n) is 6.44. The van der Waals surface area contributed by atoms with Gasteiger partial charge in [-0.15, -0.1) is 0 Å². The Bertz CT molecular complexity index is 585. The van der Waals surface area contributed by atoms with Crippen LogP contribution in [0.2, 0.25) is 0 Å². The molecule has 0 aromatic heterocycles. The van der Waals surface area contributed by atoms with Crippen LogP contribution in [-0.2, 0) is 0 Å². The van der Waals surface area contributed by atoms with Crippen LogP contribution in [0.1, 0.15) is 13.3 Å². The van der Waals surface area contributed by atoms with Crippen molar-refractivity contribution in [2.24, 2.45) is 0 Å². The second-order valence-corrected chi connectivity index (χ2v) is 4.28. The third-order valence-electron chi connectivity index (χ3n) is 2.69. The van der Waals surface area contributed by atoms with E-state index in [0.717, 1.165) is 12.1 Å². The van der Waals surface area contributed by atoms with Gasteiger partial charge in [0, 0.05) is 5.69 Å². The standard InChI is InChI=1S/C15H16N2O3/c1-2-10-20-13-8-9-14(15(11-13)17(18)19)16-12-6-4-3-5-7-12/h3-9,11,16H,2,10H2,1H3. The molecule has 0 saturated carbocycles. The molecule has 0 heterocycles. The van der Waals surface area contributed by atoms with Gasteiger partial charge < -0.3 is 10.1 Å². The molecular formula is C15H16N2O3. The second-order valence-electron chi connectivity index (χ2n) is 4.28. The number of nitro groups is 1. The molecule has 20 heavy (non-hydrogen) atoms. The molecule has 5 heteroatoms. The van der Waals surface area contributed by atoms with Gasteiger partial charge >= 0.3 is 0 Å². The van der Waals surface area contributed by atoms with Crippen molar-refractivity contribution in [2.45, 2.75) is 13.3 Å². The van der Waals surface area contributed by atoms with Gasteiger partial charge in [0.1, 0.15) is 11.4 Å². The van der Waals surface area contributed by atoms with E-state index in [2.05, 4.69) is 5.32 Å². The normalized spacial score (nSPS) is 10.1. The summed E-state index contributed by atoms with van der Waals surface area (Å²) in [5.41, 5.74) is 1.25. The maximum absolute atomic E-state index is 11.1. The molecule has 0 fully saturated rings. The minimum Gasteiger partial charge on any atom is -0.493 e. The van der Waals surface area contributed by atoms with Gasteiger partial charge in [-0.2, -0.15) is 0 Å². The van der Waals surface area contributed by atoms with Crippen LogP contribution >= 0.6 is 0 Å². The Morgan fingerprint density at radius 2 is 1.95 bits per heavy atom. The van der Waals surface area contributed by atoms with Crippen molar-refractivity contribution < 1.29 is 9.66 Å². The fraction of sp³-hybridized carbons (Fsp3) is 0.200. The molecule has 0 spiro atoms. The molecule has 2 aromatic rings. The monoisotopic (exact) mass is 272 g/mol.